The minimum absolute atomic E-state index is 0.957. The van der Waals surface area contributed by atoms with Crippen molar-refractivity contribution in [3.63, 3.8) is 0 Å². The van der Waals surface area contributed by atoms with Crippen LogP contribution in [0.15, 0.2) is 24.7 Å². The van der Waals surface area contributed by atoms with Crippen molar-refractivity contribution in [3.8, 4) is 17.0 Å². The summed E-state index contributed by atoms with van der Waals surface area (Å²) in [5, 5.41) is 0. The molecule has 0 saturated carbocycles. The molecule has 0 saturated heterocycles. The molecule has 0 unspecified atom stereocenters. The Bertz CT molecular complexity index is 437. The Labute approximate surface area is 89.1 Å². The molecule has 0 aliphatic rings. The van der Waals surface area contributed by atoms with Crippen LogP contribution in [0.3, 0.4) is 0 Å². The summed E-state index contributed by atoms with van der Waals surface area (Å²) in [6, 6.07) is 4.19. The zero-order valence-electron chi connectivity index (χ0n) is 9.16. The zero-order chi connectivity index (χ0) is 10.8. The van der Waals surface area contributed by atoms with Crippen LogP contribution in [0.4, 0.5) is 0 Å². The van der Waals surface area contributed by atoms with E-state index in [0.29, 0.717) is 0 Å². The van der Waals surface area contributed by atoms with Gasteiger partial charge in [0.15, 0.2) is 0 Å². The SMILES string of the molecule is COc1c(C)cc(-c2cnc[nH]2)cc1C. The molecular formula is C12H14N2O. The maximum Gasteiger partial charge on any atom is 0.124 e. The number of aryl methyl sites for hydroxylation is 2. The number of methoxy groups -OCH3 is 1. The summed E-state index contributed by atoms with van der Waals surface area (Å²) in [5.74, 6) is 0.957. The highest BCUT2D eigenvalue weighted by Crippen LogP contribution is 2.28. The Morgan fingerprint density at radius 1 is 1.20 bits per heavy atom. The normalized spacial score (nSPS) is 10.3. The largest absolute Gasteiger partial charge is 0.496 e. The molecule has 0 aliphatic carbocycles. The summed E-state index contributed by atoms with van der Waals surface area (Å²) < 4.78 is 5.32. The van der Waals surface area contributed by atoms with Crippen molar-refractivity contribution >= 4 is 0 Å². The maximum atomic E-state index is 5.32. The van der Waals surface area contributed by atoms with Crippen LogP contribution in [0.5, 0.6) is 5.75 Å². The minimum atomic E-state index is 0.957. The molecule has 1 aromatic heterocycles. The van der Waals surface area contributed by atoms with Gasteiger partial charge in [-0.1, -0.05) is 0 Å². The van der Waals surface area contributed by atoms with E-state index in [-0.39, 0.29) is 0 Å². The first-order valence-corrected chi connectivity index (χ1v) is 4.86. The van der Waals surface area contributed by atoms with Crippen molar-refractivity contribution in [2.45, 2.75) is 13.8 Å². The molecule has 15 heavy (non-hydrogen) atoms. The molecule has 0 bridgehead atoms. The Morgan fingerprint density at radius 2 is 1.87 bits per heavy atom. The van der Waals surface area contributed by atoms with E-state index in [1.165, 1.54) is 0 Å². The fraction of sp³-hybridized carbons (Fsp3) is 0.250. The van der Waals surface area contributed by atoms with E-state index in [2.05, 4.69) is 22.1 Å². The third kappa shape index (κ3) is 1.73. The van der Waals surface area contributed by atoms with Gasteiger partial charge in [0.2, 0.25) is 0 Å². The Hall–Kier alpha value is -1.77. The number of hydrogen-bond acceptors (Lipinski definition) is 2. The lowest BCUT2D eigenvalue weighted by atomic mass is 10.0. The van der Waals surface area contributed by atoms with Gasteiger partial charge in [0, 0.05) is 5.56 Å². The van der Waals surface area contributed by atoms with Crippen LogP contribution in [0.2, 0.25) is 0 Å². The second-order valence-corrected chi connectivity index (χ2v) is 3.61. The molecule has 3 nitrogen and oxygen atoms in total. The Balaban J connectivity index is 2.53. The van der Waals surface area contributed by atoms with Gasteiger partial charge in [-0.25, -0.2) is 4.98 Å². The molecule has 3 heteroatoms. The first-order valence-electron chi connectivity index (χ1n) is 4.86. The lowest BCUT2D eigenvalue weighted by Gasteiger charge is -2.10. The van der Waals surface area contributed by atoms with E-state index < -0.39 is 0 Å². The van der Waals surface area contributed by atoms with Crippen molar-refractivity contribution in [2.24, 2.45) is 0 Å². The summed E-state index contributed by atoms with van der Waals surface area (Å²) >= 11 is 0. The quantitative estimate of drug-likeness (QED) is 0.813. The number of nitrogens with zero attached hydrogens (tertiary/aromatic N) is 1. The maximum absolute atomic E-state index is 5.32. The van der Waals surface area contributed by atoms with Crippen molar-refractivity contribution < 1.29 is 4.74 Å². The number of rotatable bonds is 2. The van der Waals surface area contributed by atoms with Crippen molar-refractivity contribution in [2.75, 3.05) is 7.11 Å². The molecule has 2 aromatic rings. The van der Waals surface area contributed by atoms with E-state index in [1.807, 2.05) is 20.0 Å². The second kappa shape index (κ2) is 3.77. The molecule has 0 fully saturated rings. The van der Waals surface area contributed by atoms with Gasteiger partial charge in [0.1, 0.15) is 5.75 Å². The highest BCUT2D eigenvalue weighted by molar-refractivity contribution is 5.63. The molecule has 1 N–H and O–H groups in total. The summed E-state index contributed by atoms with van der Waals surface area (Å²) in [4.78, 5) is 7.11. The van der Waals surface area contributed by atoms with Gasteiger partial charge in [-0.05, 0) is 37.1 Å². The van der Waals surface area contributed by atoms with Crippen LogP contribution < -0.4 is 4.74 Å². The van der Waals surface area contributed by atoms with E-state index in [4.69, 9.17) is 4.74 Å². The predicted octanol–water partition coefficient (Wildman–Crippen LogP) is 2.70. The molecule has 78 valence electrons. The summed E-state index contributed by atoms with van der Waals surface area (Å²) in [6.45, 7) is 4.09. The average Bonchev–Trinajstić information content (AvgIpc) is 2.69. The van der Waals surface area contributed by atoms with Gasteiger partial charge in [0.05, 0.1) is 25.3 Å². The molecule has 0 radical (unpaired) electrons. The molecule has 0 spiro atoms. The lowest BCUT2D eigenvalue weighted by molar-refractivity contribution is 0.408. The van der Waals surface area contributed by atoms with Crippen LogP contribution in [0.1, 0.15) is 11.1 Å². The van der Waals surface area contributed by atoms with Gasteiger partial charge in [-0.15, -0.1) is 0 Å². The lowest BCUT2D eigenvalue weighted by Crippen LogP contribution is -1.92. The van der Waals surface area contributed by atoms with Gasteiger partial charge >= 0.3 is 0 Å². The number of aromatic nitrogens is 2. The molecule has 1 aromatic carbocycles. The number of nitrogens with one attached hydrogen (secondary N) is 1. The van der Waals surface area contributed by atoms with Crippen LogP contribution in [0, 0.1) is 13.8 Å². The van der Waals surface area contributed by atoms with Gasteiger partial charge in [0.25, 0.3) is 0 Å². The standard InChI is InChI=1S/C12H14N2O/c1-8-4-10(11-6-13-7-14-11)5-9(2)12(8)15-3/h4-7H,1-3H3,(H,13,14). The predicted molar refractivity (Wildman–Crippen MR) is 60.0 cm³/mol. The number of H-pyrrole nitrogens is 1. The minimum Gasteiger partial charge on any atom is -0.496 e. The van der Waals surface area contributed by atoms with Crippen LogP contribution >= 0.6 is 0 Å². The number of aromatic amines is 1. The highest BCUT2D eigenvalue weighted by atomic mass is 16.5. The highest BCUT2D eigenvalue weighted by Gasteiger charge is 2.06. The fourth-order valence-corrected chi connectivity index (χ4v) is 1.84. The van der Waals surface area contributed by atoms with Crippen molar-refractivity contribution in [3.05, 3.63) is 35.8 Å². The molecule has 0 atom stereocenters. The Kier molecular flexibility index (Phi) is 2.46. The zero-order valence-corrected chi connectivity index (χ0v) is 9.16. The van der Waals surface area contributed by atoms with Crippen molar-refractivity contribution in [1.82, 2.24) is 9.97 Å². The first kappa shape index (κ1) is 9.77. The molecule has 0 amide bonds. The average molecular weight is 202 g/mol. The smallest absolute Gasteiger partial charge is 0.124 e. The fourth-order valence-electron chi connectivity index (χ4n) is 1.84. The number of ether oxygens (including phenoxy) is 1. The Morgan fingerprint density at radius 3 is 2.33 bits per heavy atom. The van der Waals surface area contributed by atoms with Crippen LogP contribution in [0.25, 0.3) is 11.3 Å². The van der Waals surface area contributed by atoms with E-state index in [1.54, 1.807) is 13.4 Å². The molecule has 1 heterocycles. The van der Waals surface area contributed by atoms with Crippen molar-refractivity contribution in [1.29, 1.82) is 0 Å². The number of imidazole rings is 1. The topological polar surface area (TPSA) is 37.9 Å². The summed E-state index contributed by atoms with van der Waals surface area (Å²) in [5.41, 5.74) is 4.45. The number of hydrogen-bond donors (Lipinski definition) is 1. The molecule has 0 aliphatic heterocycles. The third-order valence-electron chi connectivity index (χ3n) is 2.47. The van der Waals surface area contributed by atoms with E-state index in [9.17, 15) is 0 Å². The summed E-state index contributed by atoms with van der Waals surface area (Å²) in [7, 11) is 1.70. The molecular weight excluding hydrogens is 188 g/mol. The number of benzene rings is 1. The van der Waals surface area contributed by atoms with Gasteiger partial charge < -0.3 is 9.72 Å². The monoisotopic (exact) mass is 202 g/mol. The van der Waals surface area contributed by atoms with Crippen LogP contribution in [-0.2, 0) is 0 Å². The summed E-state index contributed by atoms with van der Waals surface area (Å²) in [6.07, 6.45) is 3.50. The van der Waals surface area contributed by atoms with Gasteiger partial charge in [-0.2, -0.15) is 0 Å². The molecule has 2 rings (SSSR count). The van der Waals surface area contributed by atoms with E-state index >= 15 is 0 Å². The van der Waals surface area contributed by atoms with Crippen LogP contribution in [-0.4, -0.2) is 17.1 Å². The second-order valence-electron chi connectivity index (χ2n) is 3.61. The third-order valence-corrected chi connectivity index (χ3v) is 2.47. The van der Waals surface area contributed by atoms with Gasteiger partial charge in [-0.3, -0.25) is 0 Å². The van der Waals surface area contributed by atoms with E-state index in [0.717, 1.165) is 28.1 Å². The first-order chi connectivity index (χ1) is 7.22.